The maximum absolute atomic E-state index is 11.1. The van der Waals surface area contributed by atoms with Gasteiger partial charge >= 0.3 is 0 Å². The molecule has 2 aromatic carbocycles. The lowest BCUT2D eigenvalue weighted by molar-refractivity contribution is -0.0687. The third-order valence-electron chi connectivity index (χ3n) is 5.55. The average molecular weight is 527 g/mol. The monoisotopic (exact) mass is 525 g/mol. The summed E-state index contributed by atoms with van der Waals surface area (Å²) in [5.41, 5.74) is 1.35. The van der Waals surface area contributed by atoms with Crippen LogP contribution in [0.2, 0.25) is 0 Å². The van der Waals surface area contributed by atoms with Crippen molar-refractivity contribution in [1.82, 2.24) is 4.90 Å². The summed E-state index contributed by atoms with van der Waals surface area (Å²) in [5.74, 6) is 0.848. The van der Waals surface area contributed by atoms with Gasteiger partial charge in [-0.2, -0.15) is 0 Å². The van der Waals surface area contributed by atoms with Gasteiger partial charge in [0.2, 0.25) is 0 Å². The van der Waals surface area contributed by atoms with E-state index in [0.29, 0.717) is 32.7 Å². The summed E-state index contributed by atoms with van der Waals surface area (Å²) >= 11 is 7.02. The van der Waals surface area contributed by atoms with Crippen LogP contribution >= 0.6 is 31.9 Å². The van der Waals surface area contributed by atoms with Crippen molar-refractivity contribution in [3.05, 3.63) is 62.5 Å². The Bertz CT molecular complexity index is 816. The Morgan fingerprint density at radius 3 is 2.34 bits per heavy atom. The van der Waals surface area contributed by atoms with Crippen molar-refractivity contribution < 1.29 is 19.3 Å². The third-order valence-corrected chi connectivity index (χ3v) is 6.57. The predicted molar refractivity (Wildman–Crippen MR) is 118 cm³/mol. The largest absolute Gasteiger partial charge is 0.488 e. The Balaban J connectivity index is 1.38. The number of likely N-dealkylation sites (tertiary alicyclic amines) is 1. The van der Waals surface area contributed by atoms with Crippen LogP contribution in [0.1, 0.15) is 24.0 Å². The Morgan fingerprint density at radius 1 is 1.00 bits per heavy atom. The van der Waals surface area contributed by atoms with Gasteiger partial charge in [0.15, 0.2) is 6.29 Å². The molecule has 156 valence electrons. The zero-order valence-electron chi connectivity index (χ0n) is 16.2. The van der Waals surface area contributed by atoms with Crippen molar-refractivity contribution in [2.24, 2.45) is 0 Å². The Hall–Kier alpha value is -0.960. The summed E-state index contributed by atoms with van der Waals surface area (Å²) in [4.78, 5) is 2.37. The molecule has 29 heavy (non-hydrogen) atoms. The molecule has 2 aromatic rings. The van der Waals surface area contributed by atoms with E-state index in [1.807, 2.05) is 36.4 Å². The molecule has 4 rings (SSSR count). The third kappa shape index (κ3) is 5.40. The van der Waals surface area contributed by atoms with E-state index in [1.165, 1.54) is 0 Å². The van der Waals surface area contributed by atoms with E-state index >= 15 is 0 Å². The highest BCUT2D eigenvalue weighted by atomic mass is 79.9. The molecular formula is C22H25Br2NO4. The number of halogens is 2. The standard InChI is InChI=1S/C22H25Br2NO4/c23-18-3-1-17(2-4-18)22(26)7-9-25(10-8-22)14-16-13-19(24)5-6-20(16)29-15-21-27-11-12-28-21/h1-6,13,21,26H,7-12,14-15H2. The van der Waals surface area contributed by atoms with E-state index in [9.17, 15) is 5.11 Å². The molecule has 0 aromatic heterocycles. The lowest BCUT2D eigenvalue weighted by Crippen LogP contribution is -2.42. The van der Waals surface area contributed by atoms with Crippen molar-refractivity contribution in [2.75, 3.05) is 32.9 Å². The highest BCUT2D eigenvalue weighted by molar-refractivity contribution is 9.10. The molecule has 0 aliphatic carbocycles. The van der Waals surface area contributed by atoms with Crippen LogP contribution in [0, 0.1) is 0 Å². The fourth-order valence-corrected chi connectivity index (χ4v) is 4.52. The van der Waals surface area contributed by atoms with Crippen LogP contribution in [0.4, 0.5) is 0 Å². The normalized spacial score (nSPS) is 20.1. The smallest absolute Gasteiger partial charge is 0.191 e. The van der Waals surface area contributed by atoms with Gasteiger partial charge in [-0.05, 0) is 48.7 Å². The summed E-state index contributed by atoms with van der Waals surface area (Å²) < 4.78 is 19.0. The maximum atomic E-state index is 11.1. The van der Waals surface area contributed by atoms with Crippen LogP contribution in [0.5, 0.6) is 5.75 Å². The van der Waals surface area contributed by atoms with Crippen molar-refractivity contribution in [3.8, 4) is 5.75 Å². The van der Waals surface area contributed by atoms with Crippen LogP contribution in [-0.2, 0) is 21.6 Å². The summed E-state index contributed by atoms with van der Waals surface area (Å²) in [6.07, 6.45) is 1.13. The number of hydrogen-bond acceptors (Lipinski definition) is 5. The quantitative estimate of drug-likeness (QED) is 0.602. The topological polar surface area (TPSA) is 51.2 Å². The first kappa shape index (κ1) is 21.3. The Morgan fingerprint density at radius 2 is 1.66 bits per heavy atom. The number of hydrogen-bond donors (Lipinski definition) is 1. The molecule has 2 fully saturated rings. The van der Waals surface area contributed by atoms with E-state index in [0.717, 1.165) is 45.5 Å². The van der Waals surface area contributed by atoms with Crippen molar-refractivity contribution in [1.29, 1.82) is 0 Å². The van der Waals surface area contributed by atoms with Crippen molar-refractivity contribution >= 4 is 31.9 Å². The summed E-state index contributed by atoms with van der Waals surface area (Å²) in [6.45, 7) is 4.06. The van der Waals surface area contributed by atoms with Crippen LogP contribution in [0.25, 0.3) is 0 Å². The SMILES string of the molecule is OC1(c2ccc(Br)cc2)CCN(Cc2cc(Br)ccc2OCC2OCCO2)CC1. The molecule has 0 bridgehead atoms. The summed E-state index contributed by atoms with van der Waals surface area (Å²) in [7, 11) is 0. The molecule has 0 amide bonds. The molecular weight excluding hydrogens is 502 g/mol. The Labute approximate surface area is 188 Å². The average Bonchev–Trinajstić information content (AvgIpc) is 3.23. The highest BCUT2D eigenvalue weighted by Crippen LogP contribution is 2.35. The van der Waals surface area contributed by atoms with E-state index in [1.54, 1.807) is 0 Å². The first-order chi connectivity index (χ1) is 14.0. The second-order valence-corrected chi connectivity index (χ2v) is 9.38. The zero-order valence-corrected chi connectivity index (χ0v) is 19.3. The fourth-order valence-electron chi connectivity index (χ4n) is 3.84. The summed E-state index contributed by atoms with van der Waals surface area (Å²) in [6, 6.07) is 14.1. The molecule has 0 saturated carbocycles. The summed E-state index contributed by atoms with van der Waals surface area (Å²) in [5, 5.41) is 11.1. The molecule has 2 aliphatic heterocycles. The number of nitrogens with zero attached hydrogens (tertiary/aromatic N) is 1. The molecule has 2 heterocycles. The second kappa shape index (κ2) is 9.45. The number of aliphatic hydroxyl groups is 1. The molecule has 2 saturated heterocycles. The van der Waals surface area contributed by atoms with Gasteiger partial charge in [-0.1, -0.05) is 44.0 Å². The first-order valence-corrected chi connectivity index (χ1v) is 11.5. The Kier molecular flexibility index (Phi) is 6.94. The van der Waals surface area contributed by atoms with E-state index in [-0.39, 0.29) is 6.29 Å². The van der Waals surface area contributed by atoms with E-state index in [2.05, 4.69) is 42.8 Å². The molecule has 7 heteroatoms. The van der Waals surface area contributed by atoms with Crippen LogP contribution in [0.15, 0.2) is 51.4 Å². The number of benzene rings is 2. The van der Waals surface area contributed by atoms with Gasteiger partial charge in [-0.3, -0.25) is 4.90 Å². The lowest BCUT2D eigenvalue weighted by Gasteiger charge is -2.38. The number of ether oxygens (including phenoxy) is 3. The molecule has 0 atom stereocenters. The minimum Gasteiger partial charge on any atom is -0.488 e. The second-order valence-electron chi connectivity index (χ2n) is 7.55. The minimum absolute atomic E-state index is 0.289. The van der Waals surface area contributed by atoms with Gasteiger partial charge in [-0.25, -0.2) is 0 Å². The van der Waals surface area contributed by atoms with Crippen LogP contribution < -0.4 is 4.74 Å². The molecule has 1 N–H and O–H groups in total. The number of piperidine rings is 1. The van der Waals surface area contributed by atoms with Gasteiger partial charge in [0.25, 0.3) is 0 Å². The maximum Gasteiger partial charge on any atom is 0.191 e. The van der Waals surface area contributed by atoms with E-state index < -0.39 is 5.60 Å². The molecule has 5 nitrogen and oxygen atoms in total. The van der Waals surface area contributed by atoms with Crippen molar-refractivity contribution in [3.63, 3.8) is 0 Å². The molecule has 0 spiro atoms. The zero-order chi connectivity index (χ0) is 20.3. The van der Waals surface area contributed by atoms with Crippen LogP contribution in [-0.4, -0.2) is 49.2 Å². The molecule has 0 unspecified atom stereocenters. The minimum atomic E-state index is -0.759. The van der Waals surface area contributed by atoms with E-state index in [4.69, 9.17) is 14.2 Å². The first-order valence-electron chi connectivity index (χ1n) is 9.87. The molecule has 2 aliphatic rings. The van der Waals surface area contributed by atoms with Gasteiger partial charge < -0.3 is 19.3 Å². The highest BCUT2D eigenvalue weighted by Gasteiger charge is 2.34. The molecule has 0 radical (unpaired) electrons. The van der Waals surface area contributed by atoms with Gasteiger partial charge in [0, 0.05) is 34.1 Å². The predicted octanol–water partition coefficient (Wildman–Crippen LogP) is 4.45. The van der Waals surface area contributed by atoms with Gasteiger partial charge in [0.1, 0.15) is 12.4 Å². The lowest BCUT2D eigenvalue weighted by atomic mass is 9.84. The number of rotatable bonds is 6. The van der Waals surface area contributed by atoms with Gasteiger partial charge in [0.05, 0.1) is 18.8 Å². The fraction of sp³-hybridized carbons (Fsp3) is 0.455. The van der Waals surface area contributed by atoms with Crippen molar-refractivity contribution in [2.45, 2.75) is 31.3 Å². The van der Waals surface area contributed by atoms with Gasteiger partial charge in [-0.15, -0.1) is 0 Å². The van der Waals surface area contributed by atoms with Crippen LogP contribution in [0.3, 0.4) is 0 Å².